The Balaban J connectivity index is 1.70. The number of nitrogens with two attached hydrogens (primary N) is 1. The van der Waals surface area contributed by atoms with Crippen LogP contribution in [0.4, 0.5) is 0 Å². The molecule has 0 spiro atoms. The maximum absolute atomic E-state index is 12.9. The predicted octanol–water partition coefficient (Wildman–Crippen LogP) is 1.99. The second-order valence-corrected chi connectivity index (χ2v) is 8.55. The first-order valence-corrected chi connectivity index (χ1v) is 11.2. The molecule has 1 atom stereocenters. The van der Waals surface area contributed by atoms with Crippen molar-refractivity contribution >= 4 is 21.8 Å². The van der Waals surface area contributed by atoms with Gasteiger partial charge in [-0.1, -0.05) is 60.7 Å². The summed E-state index contributed by atoms with van der Waals surface area (Å²) in [5.74, 6) is -0.683. The summed E-state index contributed by atoms with van der Waals surface area (Å²) in [5, 5.41) is 10.7. The van der Waals surface area contributed by atoms with Gasteiger partial charge >= 0.3 is 0 Å². The lowest BCUT2D eigenvalue weighted by atomic mass is 10.0. The first-order valence-electron chi connectivity index (χ1n) is 9.62. The molecule has 2 amide bonds. The SMILES string of the molecule is NS(=O)(=O)c1ccc(CNC(=O)[C@@H](Cc2ccccc2)NC(=O)c2ccccc2)cc1. The molecule has 8 heteroatoms. The Hall–Kier alpha value is -3.49. The molecule has 3 aromatic rings. The third-order valence-corrected chi connectivity index (χ3v) is 5.59. The zero-order valence-corrected chi connectivity index (χ0v) is 17.5. The fraction of sp³-hybridized carbons (Fsp3) is 0.130. The van der Waals surface area contributed by atoms with Crippen LogP contribution in [0.15, 0.2) is 89.8 Å². The van der Waals surface area contributed by atoms with E-state index in [1.165, 1.54) is 12.1 Å². The van der Waals surface area contributed by atoms with Gasteiger partial charge in [-0.25, -0.2) is 13.6 Å². The van der Waals surface area contributed by atoms with Crippen LogP contribution in [0.3, 0.4) is 0 Å². The van der Waals surface area contributed by atoms with Crippen LogP contribution in [0, 0.1) is 0 Å². The average molecular weight is 438 g/mol. The zero-order valence-electron chi connectivity index (χ0n) is 16.7. The normalized spacial score (nSPS) is 12.0. The summed E-state index contributed by atoms with van der Waals surface area (Å²) in [6, 6.07) is 23.2. The minimum Gasteiger partial charge on any atom is -0.350 e. The van der Waals surface area contributed by atoms with E-state index in [2.05, 4.69) is 10.6 Å². The van der Waals surface area contributed by atoms with Crippen molar-refractivity contribution in [3.05, 3.63) is 102 Å². The summed E-state index contributed by atoms with van der Waals surface area (Å²) in [7, 11) is -3.77. The fourth-order valence-corrected chi connectivity index (χ4v) is 3.51. The highest BCUT2D eigenvalue weighted by atomic mass is 32.2. The second-order valence-electron chi connectivity index (χ2n) is 6.99. The minimum atomic E-state index is -3.77. The van der Waals surface area contributed by atoms with Crippen LogP contribution < -0.4 is 15.8 Å². The quantitative estimate of drug-likeness (QED) is 0.499. The van der Waals surface area contributed by atoms with Crippen LogP contribution in [0.2, 0.25) is 0 Å². The van der Waals surface area contributed by atoms with E-state index in [0.29, 0.717) is 17.5 Å². The second kappa shape index (κ2) is 10.0. The van der Waals surface area contributed by atoms with Gasteiger partial charge in [0, 0.05) is 18.5 Å². The molecule has 0 aliphatic carbocycles. The number of carbonyl (C=O) groups is 2. The predicted molar refractivity (Wildman–Crippen MR) is 118 cm³/mol. The summed E-state index contributed by atoms with van der Waals surface area (Å²) in [4.78, 5) is 25.5. The standard InChI is InChI=1S/C23H23N3O4S/c24-31(29,30)20-13-11-18(12-14-20)16-25-23(28)21(15-17-7-3-1-4-8-17)26-22(27)19-9-5-2-6-10-19/h1-14,21H,15-16H2,(H,25,28)(H,26,27)(H2,24,29,30)/t21-/m1/s1. The lowest BCUT2D eigenvalue weighted by Crippen LogP contribution is -2.47. The van der Waals surface area contributed by atoms with Crippen LogP contribution in [0.25, 0.3) is 0 Å². The summed E-state index contributed by atoms with van der Waals surface area (Å²) < 4.78 is 22.7. The smallest absolute Gasteiger partial charge is 0.251 e. The molecule has 7 nitrogen and oxygen atoms in total. The number of benzene rings is 3. The summed E-state index contributed by atoms with van der Waals surface area (Å²) >= 11 is 0. The van der Waals surface area contributed by atoms with Crippen LogP contribution in [0.1, 0.15) is 21.5 Å². The molecule has 0 saturated carbocycles. The first-order chi connectivity index (χ1) is 14.8. The number of hydrogen-bond acceptors (Lipinski definition) is 4. The van der Waals surface area contributed by atoms with Crippen LogP contribution in [-0.4, -0.2) is 26.3 Å². The lowest BCUT2D eigenvalue weighted by molar-refractivity contribution is -0.123. The van der Waals surface area contributed by atoms with Crippen molar-refractivity contribution in [2.24, 2.45) is 5.14 Å². The third-order valence-electron chi connectivity index (χ3n) is 4.66. The van der Waals surface area contributed by atoms with E-state index in [0.717, 1.165) is 5.56 Å². The molecular formula is C23H23N3O4S. The topological polar surface area (TPSA) is 118 Å². The molecule has 0 unspecified atom stereocenters. The van der Waals surface area contributed by atoms with Gasteiger partial charge in [0.05, 0.1) is 4.90 Å². The number of carbonyl (C=O) groups excluding carboxylic acids is 2. The zero-order chi connectivity index (χ0) is 22.3. The molecule has 0 bridgehead atoms. The van der Waals surface area contributed by atoms with Gasteiger partial charge in [-0.3, -0.25) is 9.59 Å². The van der Waals surface area contributed by atoms with Gasteiger partial charge in [-0.2, -0.15) is 0 Å². The maximum Gasteiger partial charge on any atom is 0.251 e. The molecule has 0 aliphatic heterocycles. The number of amides is 2. The van der Waals surface area contributed by atoms with Crippen LogP contribution >= 0.6 is 0 Å². The minimum absolute atomic E-state index is 0.000319. The van der Waals surface area contributed by atoms with Crippen molar-refractivity contribution in [1.29, 1.82) is 0 Å². The molecule has 0 aliphatic rings. The van der Waals surface area contributed by atoms with Gasteiger partial charge in [0.15, 0.2) is 0 Å². The molecule has 0 aromatic heterocycles. The van der Waals surface area contributed by atoms with Crippen molar-refractivity contribution in [1.82, 2.24) is 10.6 Å². The summed E-state index contributed by atoms with van der Waals surface area (Å²) in [6.07, 6.45) is 0.329. The van der Waals surface area contributed by atoms with Crippen molar-refractivity contribution in [3.63, 3.8) is 0 Å². The molecule has 31 heavy (non-hydrogen) atoms. The van der Waals surface area contributed by atoms with E-state index < -0.39 is 16.1 Å². The molecule has 0 heterocycles. The van der Waals surface area contributed by atoms with Crippen molar-refractivity contribution in [2.75, 3.05) is 0 Å². The van der Waals surface area contributed by atoms with E-state index in [-0.39, 0.29) is 23.3 Å². The molecule has 3 aromatic carbocycles. The van der Waals surface area contributed by atoms with E-state index in [1.807, 2.05) is 36.4 Å². The summed E-state index contributed by atoms with van der Waals surface area (Å²) in [6.45, 7) is 0.177. The monoisotopic (exact) mass is 437 g/mol. The molecule has 160 valence electrons. The van der Waals surface area contributed by atoms with Gasteiger partial charge in [0.25, 0.3) is 5.91 Å². The Morgan fingerprint density at radius 2 is 1.39 bits per heavy atom. The van der Waals surface area contributed by atoms with Crippen molar-refractivity contribution in [2.45, 2.75) is 23.9 Å². The number of primary sulfonamides is 1. The third kappa shape index (κ3) is 6.50. The Morgan fingerprint density at radius 1 is 0.806 bits per heavy atom. The van der Waals surface area contributed by atoms with E-state index >= 15 is 0 Å². The molecule has 0 fully saturated rings. The highest BCUT2D eigenvalue weighted by Gasteiger charge is 2.22. The molecule has 0 saturated heterocycles. The average Bonchev–Trinajstić information content (AvgIpc) is 2.78. The van der Waals surface area contributed by atoms with Gasteiger partial charge in [-0.05, 0) is 35.4 Å². The van der Waals surface area contributed by atoms with Crippen LogP contribution in [0.5, 0.6) is 0 Å². The van der Waals surface area contributed by atoms with Gasteiger partial charge in [0.2, 0.25) is 15.9 Å². The Labute approximate surface area is 181 Å². The summed E-state index contributed by atoms with van der Waals surface area (Å²) in [5.41, 5.74) is 2.08. The maximum atomic E-state index is 12.9. The van der Waals surface area contributed by atoms with Crippen LogP contribution in [-0.2, 0) is 27.8 Å². The highest BCUT2D eigenvalue weighted by molar-refractivity contribution is 7.89. The fourth-order valence-electron chi connectivity index (χ4n) is 3.00. The Kier molecular flexibility index (Phi) is 7.17. The number of sulfonamides is 1. The number of nitrogens with one attached hydrogen (secondary N) is 2. The molecule has 3 rings (SSSR count). The molecular weight excluding hydrogens is 414 g/mol. The van der Waals surface area contributed by atoms with Gasteiger partial charge in [-0.15, -0.1) is 0 Å². The van der Waals surface area contributed by atoms with Crippen molar-refractivity contribution in [3.8, 4) is 0 Å². The van der Waals surface area contributed by atoms with E-state index in [1.54, 1.807) is 36.4 Å². The largest absolute Gasteiger partial charge is 0.350 e. The molecule has 4 N–H and O–H groups in total. The van der Waals surface area contributed by atoms with E-state index in [9.17, 15) is 18.0 Å². The Morgan fingerprint density at radius 3 is 1.97 bits per heavy atom. The lowest BCUT2D eigenvalue weighted by Gasteiger charge is -2.19. The Bertz CT molecular complexity index is 1130. The first kappa shape index (κ1) is 22.2. The van der Waals surface area contributed by atoms with Crippen molar-refractivity contribution < 1.29 is 18.0 Å². The van der Waals surface area contributed by atoms with Gasteiger partial charge < -0.3 is 10.6 Å². The van der Waals surface area contributed by atoms with Gasteiger partial charge in [0.1, 0.15) is 6.04 Å². The number of hydrogen-bond donors (Lipinski definition) is 3. The molecule has 0 radical (unpaired) electrons. The van der Waals surface area contributed by atoms with E-state index in [4.69, 9.17) is 5.14 Å². The highest BCUT2D eigenvalue weighted by Crippen LogP contribution is 2.10. The number of rotatable bonds is 8.